The SMILES string of the molecule is CN[C@H](C=O)COCc1ccc(F)cc1. The second kappa shape index (κ2) is 6.27. The Morgan fingerprint density at radius 2 is 2.13 bits per heavy atom. The van der Waals surface area contributed by atoms with Gasteiger partial charge < -0.3 is 14.8 Å². The van der Waals surface area contributed by atoms with E-state index >= 15 is 0 Å². The van der Waals surface area contributed by atoms with Crippen molar-refractivity contribution in [1.82, 2.24) is 5.32 Å². The highest BCUT2D eigenvalue weighted by Gasteiger charge is 2.03. The zero-order chi connectivity index (χ0) is 11.1. The maximum absolute atomic E-state index is 12.5. The predicted octanol–water partition coefficient (Wildman–Crippen LogP) is 1.13. The molecule has 3 nitrogen and oxygen atoms in total. The zero-order valence-electron chi connectivity index (χ0n) is 8.57. The number of carbonyl (C=O) groups is 1. The van der Waals surface area contributed by atoms with Crippen LogP contribution >= 0.6 is 0 Å². The third-order valence-electron chi connectivity index (χ3n) is 2.01. The average Bonchev–Trinajstić information content (AvgIpc) is 2.27. The Morgan fingerprint density at radius 1 is 1.47 bits per heavy atom. The molecule has 1 rings (SSSR count). The number of likely N-dealkylation sites (N-methyl/N-ethyl adjacent to an activating group) is 1. The second-order valence-electron chi connectivity index (χ2n) is 3.17. The molecule has 0 aliphatic carbocycles. The molecular weight excluding hydrogens is 197 g/mol. The van der Waals surface area contributed by atoms with Crippen LogP contribution in [0, 0.1) is 5.82 Å². The van der Waals surface area contributed by atoms with Gasteiger partial charge in [0, 0.05) is 0 Å². The molecule has 1 aromatic carbocycles. The minimum atomic E-state index is -0.287. The lowest BCUT2D eigenvalue weighted by molar-refractivity contribution is -0.110. The Bertz CT molecular complexity index is 300. The standard InChI is InChI=1S/C11H14FNO2/c1-13-11(6-14)8-15-7-9-2-4-10(12)5-3-9/h2-6,11,13H,7-8H2,1H3/t11-/m1/s1. The van der Waals surface area contributed by atoms with E-state index in [1.165, 1.54) is 12.1 Å². The van der Waals surface area contributed by atoms with E-state index < -0.39 is 0 Å². The van der Waals surface area contributed by atoms with Crippen molar-refractivity contribution in [3.8, 4) is 0 Å². The molecule has 0 amide bonds. The van der Waals surface area contributed by atoms with E-state index in [-0.39, 0.29) is 11.9 Å². The summed E-state index contributed by atoms with van der Waals surface area (Å²) in [6, 6.07) is 5.79. The van der Waals surface area contributed by atoms with E-state index in [2.05, 4.69) is 5.32 Å². The first-order valence-electron chi connectivity index (χ1n) is 4.71. The summed E-state index contributed by atoms with van der Waals surface area (Å²) in [6.07, 6.45) is 0.796. The number of carbonyl (C=O) groups excluding carboxylic acids is 1. The number of nitrogens with one attached hydrogen (secondary N) is 1. The summed E-state index contributed by atoms with van der Waals surface area (Å²) in [5.41, 5.74) is 0.886. The van der Waals surface area contributed by atoms with Crippen molar-refractivity contribution in [3.63, 3.8) is 0 Å². The first kappa shape index (κ1) is 11.8. The number of hydrogen-bond acceptors (Lipinski definition) is 3. The van der Waals surface area contributed by atoms with E-state index in [0.29, 0.717) is 13.2 Å². The number of halogens is 1. The molecule has 0 spiro atoms. The molecule has 1 aromatic rings. The van der Waals surface area contributed by atoms with Gasteiger partial charge in [-0.3, -0.25) is 0 Å². The van der Waals surface area contributed by atoms with Crippen molar-refractivity contribution in [2.45, 2.75) is 12.6 Å². The molecule has 4 heteroatoms. The Balaban J connectivity index is 2.31. The first-order valence-corrected chi connectivity index (χ1v) is 4.71. The van der Waals surface area contributed by atoms with Crippen molar-refractivity contribution >= 4 is 6.29 Å². The van der Waals surface area contributed by atoms with Gasteiger partial charge in [0.05, 0.1) is 19.3 Å². The molecule has 0 unspecified atom stereocenters. The van der Waals surface area contributed by atoms with Crippen molar-refractivity contribution in [2.75, 3.05) is 13.7 Å². The van der Waals surface area contributed by atoms with E-state index in [9.17, 15) is 9.18 Å². The molecule has 1 atom stereocenters. The van der Waals surface area contributed by atoms with E-state index in [1.54, 1.807) is 19.2 Å². The van der Waals surface area contributed by atoms with Crippen molar-refractivity contribution < 1.29 is 13.9 Å². The molecule has 0 heterocycles. The summed E-state index contributed by atoms with van der Waals surface area (Å²) < 4.78 is 17.8. The summed E-state index contributed by atoms with van der Waals surface area (Å²) in [7, 11) is 1.69. The van der Waals surface area contributed by atoms with Gasteiger partial charge in [0.2, 0.25) is 0 Å². The van der Waals surface area contributed by atoms with Gasteiger partial charge in [-0.15, -0.1) is 0 Å². The van der Waals surface area contributed by atoms with Crippen LogP contribution in [0.5, 0.6) is 0 Å². The second-order valence-corrected chi connectivity index (χ2v) is 3.17. The Kier molecular flexibility index (Phi) is 4.93. The van der Waals surface area contributed by atoms with Crippen LogP contribution in [-0.4, -0.2) is 26.0 Å². The fraction of sp³-hybridized carbons (Fsp3) is 0.364. The molecule has 0 radical (unpaired) electrons. The summed E-state index contributed by atoms with van der Waals surface area (Å²) >= 11 is 0. The van der Waals surface area contributed by atoms with Crippen LogP contribution in [0.3, 0.4) is 0 Å². The van der Waals surface area contributed by atoms with Gasteiger partial charge in [0.15, 0.2) is 0 Å². The summed E-state index contributed by atoms with van der Waals surface area (Å²) in [6.45, 7) is 0.698. The largest absolute Gasteiger partial charge is 0.375 e. The fourth-order valence-electron chi connectivity index (χ4n) is 1.08. The lowest BCUT2D eigenvalue weighted by atomic mass is 10.2. The van der Waals surface area contributed by atoms with Crippen LogP contribution in [0.4, 0.5) is 4.39 Å². The van der Waals surface area contributed by atoms with E-state index in [4.69, 9.17) is 4.74 Å². The van der Waals surface area contributed by atoms with Gasteiger partial charge in [-0.2, -0.15) is 0 Å². The lowest BCUT2D eigenvalue weighted by Crippen LogP contribution is -2.31. The monoisotopic (exact) mass is 211 g/mol. The van der Waals surface area contributed by atoms with Crippen LogP contribution in [0.2, 0.25) is 0 Å². The normalized spacial score (nSPS) is 12.4. The first-order chi connectivity index (χ1) is 7.26. The summed E-state index contributed by atoms with van der Waals surface area (Å²) in [5.74, 6) is -0.264. The number of rotatable bonds is 6. The number of hydrogen-bond donors (Lipinski definition) is 1. The van der Waals surface area contributed by atoms with Crippen LogP contribution in [0.15, 0.2) is 24.3 Å². The fourth-order valence-corrected chi connectivity index (χ4v) is 1.08. The quantitative estimate of drug-likeness (QED) is 0.717. The Labute approximate surface area is 88.2 Å². The third kappa shape index (κ3) is 4.18. The Hall–Kier alpha value is -1.26. The molecule has 0 aromatic heterocycles. The molecule has 15 heavy (non-hydrogen) atoms. The number of aldehydes is 1. The van der Waals surface area contributed by atoms with Crippen LogP contribution in [0.1, 0.15) is 5.56 Å². The lowest BCUT2D eigenvalue weighted by Gasteiger charge is -2.09. The van der Waals surface area contributed by atoms with Crippen molar-refractivity contribution in [2.24, 2.45) is 0 Å². The van der Waals surface area contributed by atoms with Gasteiger partial charge in [0.1, 0.15) is 12.1 Å². The summed E-state index contributed by atoms with van der Waals surface area (Å²) in [5, 5.41) is 2.79. The van der Waals surface area contributed by atoms with Crippen LogP contribution in [0.25, 0.3) is 0 Å². The molecular formula is C11H14FNO2. The smallest absolute Gasteiger partial charge is 0.139 e. The van der Waals surface area contributed by atoms with E-state index in [1.807, 2.05) is 0 Å². The maximum atomic E-state index is 12.5. The molecule has 0 fully saturated rings. The molecule has 0 bridgehead atoms. The third-order valence-corrected chi connectivity index (χ3v) is 2.01. The molecule has 1 N–H and O–H groups in total. The molecule has 0 aliphatic heterocycles. The average molecular weight is 211 g/mol. The van der Waals surface area contributed by atoms with E-state index in [0.717, 1.165) is 11.8 Å². The zero-order valence-corrected chi connectivity index (χ0v) is 8.57. The molecule has 0 aliphatic rings. The van der Waals surface area contributed by atoms with Crippen molar-refractivity contribution in [3.05, 3.63) is 35.6 Å². The minimum Gasteiger partial charge on any atom is -0.375 e. The highest BCUT2D eigenvalue weighted by Crippen LogP contribution is 2.04. The van der Waals surface area contributed by atoms with Gasteiger partial charge in [-0.05, 0) is 24.7 Å². The maximum Gasteiger partial charge on any atom is 0.139 e. The Morgan fingerprint density at radius 3 is 2.67 bits per heavy atom. The van der Waals surface area contributed by atoms with Gasteiger partial charge in [0.25, 0.3) is 0 Å². The number of benzene rings is 1. The molecule has 82 valence electrons. The highest BCUT2D eigenvalue weighted by molar-refractivity contribution is 5.57. The van der Waals surface area contributed by atoms with Gasteiger partial charge in [-0.25, -0.2) is 4.39 Å². The van der Waals surface area contributed by atoms with Crippen LogP contribution < -0.4 is 5.32 Å². The van der Waals surface area contributed by atoms with Gasteiger partial charge >= 0.3 is 0 Å². The van der Waals surface area contributed by atoms with Crippen molar-refractivity contribution in [1.29, 1.82) is 0 Å². The topological polar surface area (TPSA) is 38.3 Å². The molecule has 0 saturated carbocycles. The van der Waals surface area contributed by atoms with Gasteiger partial charge in [-0.1, -0.05) is 12.1 Å². The molecule has 0 saturated heterocycles. The van der Waals surface area contributed by atoms with Crippen LogP contribution in [-0.2, 0) is 16.1 Å². The number of ether oxygens (including phenoxy) is 1. The summed E-state index contributed by atoms with van der Waals surface area (Å²) in [4.78, 5) is 10.4. The minimum absolute atomic E-state index is 0.264. The highest BCUT2D eigenvalue weighted by atomic mass is 19.1. The predicted molar refractivity (Wildman–Crippen MR) is 55.0 cm³/mol.